The van der Waals surface area contributed by atoms with Gasteiger partial charge in [0.15, 0.2) is 0 Å². The van der Waals surface area contributed by atoms with Gasteiger partial charge in [-0.25, -0.2) is 0 Å². The molecule has 0 aliphatic heterocycles. The summed E-state index contributed by atoms with van der Waals surface area (Å²) in [5.74, 6) is 1.20. The van der Waals surface area contributed by atoms with E-state index in [0.717, 1.165) is 13.1 Å². The summed E-state index contributed by atoms with van der Waals surface area (Å²) in [5, 5.41) is 3.47. The molecular weight excluding hydrogens is 254 g/mol. The van der Waals surface area contributed by atoms with Crippen molar-refractivity contribution in [1.29, 1.82) is 0 Å². The average Bonchev–Trinajstić information content (AvgIpc) is 2.44. The molecule has 1 unspecified atom stereocenters. The Hall–Kier alpha value is -0.740. The van der Waals surface area contributed by atoms with Gasteiger partial charge < -0.3 is 10.2 Å². The number of thioether (sulfide) groups is 1. The van der Waals surface area contributed by atoms with Gasteiger partial charge in [-0.05, 0) is 49.9 Å². The highest BCUT2D eigenvalue weighted by atomic mass is 32.2. The molecule has 0 radical (unpaired) electrons. The highest BCUT2D eigenvalue weighted by Gasteiger charge is 2.13. The van der Waals surface area contributed by atoms with E-state index in [-0.39, 0.29) is 0 Å². The maximum Gasteiger partial charge on any atom is 0.0598 e. The molecule has 1 N–H and O–H groups in total. The molecule has 19 heavy (non-hydrogen) atoms. The van der Waals surface area contributed by atoms with Crippen molar-refractivity contribution in [1.82, 2.24) is 10.3 Å². The molecule has 0 fully saturated rings. The molecule has 0 saturated heterocycles. The average molecular weight is 281 g/mol. The predicted molar refractivity (Wildman–Crippen MR) is 87.1 cm³/mol. The van der Waals surface area contributed by atoms with Crippen molar-refractivity contribution in [3.63, 3.8) is 0 Å². The third-order valence-electron chi connectivity index (χ3n) is 3.41. The largest absolute Gasteiger partial charge is 0.370 e. The summed E-state index contributed by atoms with van der Waals surface area (Å²) in [6.45, 7) is 6.46. The Kier molecular flexibility index (Phi) is 7.91. The van der Waals surface area contributed by atoms with E-state index >= 15 is 0 Å². The number of rotatable bonds is 9. The first-order chi connectivity index (χ1) is 9.20. The van der Waals surface area contributed by atoms with Crippen molar-refractivity contribution >= 4 is 17.4 Å². The second-order valence-electron chi connectivity index (χ2n) is 4.92. The Morgan fingerprint density at radius 1 is 1.47 bits per heavy atom. The fourth-order valence-corrected chi connectivity index (χ4v) is 2.58. The molecule has 108 valence electrons. The topological polar surface area (TPSA) is 28.2 Å². The number of hydrogen-bond donors (Lipinski definition) is 1. The van der Waals surface area contributed by atoms with Gasteiger partial charge in [0.25, 0.3) is 0 Å². The zero-order chi connectivity index (χ0) is 14.1. The van der Waals surface area contributed by atoms with Gasteiger partial charge in [0, 0.05) is 25.8 Å². The summed E-state index contributed by atoms with van der Waals surface area (Å²) < 4.78 is 0. The van der Waals surface area contributed by atoms with E-state index in [1.165, 1.54) is 29.8 Å². The zero-order valence-corrected chi connectivity index (χ0v) is 13.5. The lowest BCUT2D eigenvalue weighted by molar-refractivity contribution is 0.649. The molecule has 3 nitrogen and oxygen atoms in total. The van der Waals surface area contributed by atoms with Crippen LogP contribution in [0, 0.1) is 0 Å². The number of hydrogen-bond acceptors (Lipinski definition) is 4. The van der Waals surface area contributed by atoms with Gasteiger partial charge in [-0.3, -0.25) is 4.98 Å². The standard InChI is InChI=1S/C15H27N3S/c1-5-8-16-11-14-6-9-17-12-15(14)18(3)13(2)7-10-19-4/h6,9,12-13,16H,5,7-8,10-11H2,1-4H3. The molecule has 1 atom stereocenters. The van der Waals surface area contributed by atoms with Gasteiger partial charge in [-0.1, -0.05) is 6.92 Å². The third-order valence-corrected chi connectivity index (χ3v) is 4.05. The van der Waals surface area contributed by atoms with E-state index in [0.29, 0.717) is 6.04 Å². The van der Waals surface area contributed by atoms with Crippen LogP contribution in [-0.4, -0.2) is 36.6 Å². The summed E-state index contributed by atoms with van der Waals surface area (Å²) >= 11 is 1.91. The molecule has 1 heterocycles. The highest BCUT2D eigenvalue weighted by molar-refractivity contribution is 7.98. The van der Waals surface area contributed by atoms with Crippen LogP contribution in [0.1, 0.15) is 32.3 Å². The predicted octanol–water partition coefficient (Wildman–Crippen LogP) is 3.16. The Morgan fingerprint density at radius 3 is 2.95 bits per heavy atom. The van der Waals surface area contributed by atoms with Crippen molar-refractivity contribution in [2.45, 2.75) is 39.3 Å². The lowest BCUT2D eigenvalue weighted by Gasteiger charge is -2.28. The minimum absolute atomic E-state index is 0.543. The second kappa shape index (κ2) is 9.21. The van der Waals surface area contributed by atoms with Crippen LogP contribution in [0.15, 0.2) is 18.5 Å². The highest BCUT2D eigenvalue weighted by Crippen LogP contribution is 2.21. The van der Waals surface area contributed by atoms with E-state index in [1.54, 1.807) is 0 Å². The summed E-state index contributed by atoms with van der Waals surface area (Å²) in [4.78, 5) is 6.64. The smallest absolute Gasteiger partial charge is 0.0598 e. The van der Waals surface area contributed by atoms with Crippen molar-refractivity contribution < 1.29 is 0 Å². The quantitative estimate of drug-likeness (QED) is 0.704. The monoisotopic (exact) mass is 281 g/mol. The van der Waals surface area contributed by atoms with Crippen molar-refractivity contribution in [2.24, 2.45) is 0 Å². The van der Waals surface area contributed by atoms with Crippen molar-refractivity contribution in [3.8, 4) is 0 Å². The molecule has 0 bridgehead atoms. The Balaban J connectivity index is 2.69. The lowest BCUT2D eigenvalue weighted by atomic mass is 10.1. The Morgan fingerprint density at radius 2 is 2.26 bits per heavy atom. The summed E-state index contributed by atoms with van der Waals surface area (Å²) in [6, 6.07) is 2.66. The lowest BCUT2D eigenvalue weighted by Crippen LogP contribution is -2.31. The van der Waals surface area contributed by atoms with Gasteiger partial charge in [0.1, 0.15) is 0 Å². The first kappa shape index (κ1) is 16.3. The van der Waals surface area contributed by atoms with Crippen LogP contribution in [0.25, 0.3) is 0 Å². The fraction of sp³-hybridized carbons (Fsp3) is 0.667. The molecule has 0 amide bonds. The summed E-state index contributed by atoms with van der Waals surface area (Å²) in [5.41, 5.74) is 2.58. The van der Waals surface area contributed by atoms with E-state index in [9.17, 15) is 0 Å². The van der Waals surface area contributed by atoms with Crippen molar-refractivity contribution in [3.05, 3.63) is 24.0 Å². The zero-order valence-electron chi connectivity index (χ0n) is 12.6. The molecule has 0 saturated carbocycles. The van der Waals surface area contributed by atoms with E-state index in [1.807, 2.05) is 24.2 Å². The minimum atomic E-state index is 0.543. The number of nitrogens with one attached hydrogen (secondary N) is 1. The summed E-state index contributed by atoms with van der Waals surface area (Å²) in [7, 11) is 2.17. The fourth-order valence-electron chi connectivity index (χ4n) is 2.00. The van der Waals surface area contributed by atoms with Crippen LogP contribution in [0.3, 0.4) is 0 Å². The van der Waals surface area contributed by atoms with E-state index in [2.05, 4.69) is 48.4 Å². The molecule has 4 heteroatoms. The van der Waals surface area contributed by atoms with Gasteiger partial charge in [-0.15, -0.1) is 0 Å². The second-order valence-corrected chi connectivity index (χ2v) is 5.91. The maximum absolute atomic E-state index is 4.28. The third kappa shape index (κ3) is 5.41. The Labute approximate surface area is 122 Å². The van der Waals surface area contributed by atoms with Crippen LogP contribution < -0.4 is 10.2 Å². The van der Waals surface area contributed by atoms with E-state index in [4.69, 9.17) is 0 Å². The van der Waals surface area contributed by atoms with Crippen LogP contribution in [0.4, 0.5) is 5.69 Å². The maximum atomic E-state index is 4.28. The van der Waals surface area contributed by atoms with Crippen LogP contribution >= 0.6 is 11.8 Å². The molecule has 0 aromatic carbocycles. The van der Waals surface area contributed by atoms with Crippen molar-refractivity contribution in [2.75, 3.05) is 30.5 Å². The number of nitrogens with zero attached hydrogens (tertiary/aromatic N) is 2. The van der Waals surface area contributed by atoms with Gasteiger partial charge in [0.05, 0.1) is 11.9 Å². The SMILES string of the molecule is CCCNCc1ccncc1N(C)C(C)CCSC. The van der Waals surface area contributed by atoms with E-state index < -0.39 is 0 Å². The van der Waals surface area contributed by atoms with Crippen LogP contribution in [0.5, 0.6) is 0 Å². The molecule has 0 spiro atoms. The molecule has 0 aliphatic carbocycles. The normalized spacial score (nSPS) is 12.4. The molecule has 1 rings (SSSR count). The minimum Gasteiger partial charge on any atom is -0.370 e. The number of anilines is 1. The molecular formula is C15H27N3S. The van der Waals surface area contributed by atoms with Gasteiger partial charge in [-0.2, -0.15) is 11.8 Å². The first-order valence-corrected chi connectivity index (χ1v) is 8.45. The van der Waals surface area contributed by atoms with Crippen LogP contribution in [-0.2, 0) is 6.54 Å². The molecule has 0 aliphatic rings. The van der Waals surface area contributed by atoms with Crippen LogP contribution in [0.2, 0.25) is 0 Å². The first-order valence-electron chi connectivity index (χ1n) is 7.06. The molecule has 1 aromatic rings. The molecule has 1 aromatic heterocycles. The van der Waals surface area contributed by atoms with Gasteiger partial charge in [0.2, 0.25) is 0 Å². The number of aromatic nitrogens is 1. The van der Waals surface area contributed by atoms with Gasteiger partial charge >= 0.3 is 0 Å². The number of pyridine rings is 1. The summed E-state index contributed by atoms with van der Waals surface area (Å²) in [6.07, 6.45) is 8.40. The Bertz CT molecular complexity index is 357.